The molecule has 0 radical (unpaired) electrons. The fourth-order valence-electron chi connectivity index (χ4n) is 8.52. The normalized spacial score (nSPS) is 34.1. The quantitative estimate of drug-likeness (QED) is 0.577. The lowest BCUT2D eigenvalue weighted by Gasteiger charge is -2.66. The van der Waals surface area contributed by atoms with Gasteiger partial charge in [0.25, 0.3) is 0 Å². The van der Waals surface area contributed by atoms with E-state index >= 15 is 0 Å². The number of piperidine rings is 1. The first-order chi connectivity index (χ1) is 15.5. The maximum absolute atomic E-state index is 12.8. The Balaban J connectivity index is 1.52. The molecule has 5 nitrogen and oxygen atoms in total. The molecule has 1 saturated heterocycles. The number of hydrogen-bond acceptors (Lipinski definition) is 4. The van der Waals surface area contributed by atoms with Crippen LogP contribution in [0.1, 0.15) is 46.7 Å². The number of phenols is 1. The van der Waals surface area contributed by atoms with Crippen LogP contribution in [0.3, 0.4) is 0 Å². The second-order valence-corrected chi connectivity index (χ2v) is 10.8. The highest BCUT2D eigenvalue weighted by atomic mass is 16.5. The molecule has 4 atom stereocenters. The van der Waals surface area contributed by atoms with Crippen molar-refractivity contribution in [3.05, 3.63) is 58.3 Å². The molecule has 0 saturated carbocycles. The van der Waals surface area contributed by atoms with E-state index in [-0.39, 0.29) is 17.7 Å². The molecular formula is C27H28N2O3. The molecule has 5 heteroatoms. The zero-order valence-corrected chi connectivity index (χ0v) is 18.4. The monoisotopic (exact) mass is 428 g/mol. The Kier molecular flexibility index (Phi) is 3.10. The summed E-state index contributed by atoms with van der Waals surface area (Å²) in [5.74, 6) is 0.935. The largest absolute Gasteiger partial charge is 0.504 e. The van der Waals surface area contributed by atoms with Crippen LogP contribution >= 0.6 is 0 Å². The van der Waals surface area contributed by atoms with Gasteiger partial charge in [0, 0.05) is 47.0 Å². The number of rotatable bonds is 0. The molecule has 0 amide bonds. The first kappa shape index (κ1) is 18.0. The number of ether oxygens (including phenoxy) is 1. The Morgan fingerprint density at radius 1 is 1.12 bits per heavy atom. The molecule has 4 heterocycles. The SMILES string of the molecule is CN1CC[C@]23c4c5ccc(O)c4OC[C@H]2c2c(c4cccc6c4n2CCC6)C[C@@]3(O)[C@H]1C5. The van der Waals surface area contributed by atoms with Gasteiger partial charge in [-0.05, 0) is 62.0 Å². The molecule has 164 valence electrons. The van der Waals surface area contributed by atoms with Crippen molar-refractivity contribution in [2.45, 2.75) is 61.6 Å². The molecule has 2 aromatic carbocycles. The molecule has 3 aliphatic heterocycles. The zero-order chi connectivity index (χ0) is 21.4. The van der Waals surface area contributed by atoms with Gasteiger partial charge in [0.2, 0.25) is 0 Å². The summed E-state index contributed by atoms with van der Waals surface area (Å²) in [5.41, 5.74) is 6.59. The molecule has 2 bridgehead atoms. The number of nitrogens with zero attached hydrogens (tertiary/aromatic N) is 2. The van der Waals surface area contributed by atoms with Crippen LogP contribution in [-0.4, -0.2) is 51.5 Å². The van der Waals surface area contributed by atoms with E-state index in [2.05, 4.69) is 40.8 Å². The summed E-state index contributed by atoms with van der Waals surface area (Å²) in [4.78, 5) is 2.38. The number of likely N-dealkylation sites (N-methyl/N-ethyl adjacent to an activating group) is 1. The van der Waals surface area contributed by atoms with Crippen LogP contribution in [0.25, 0.3) is 10.9 Å². The predicted molar refractivity (Wildman–Crippen MR) is 122 cm³/mol. The van der Waals surface area contributed by atoms with Crippen LogP contribution < -0.4 is 4.74 Å². The number of aromatic hydroxyl groups is 1. The molecule has 0 unspecified atom stereocenters. The average molecular weight is 429 g/mol. The van der Waals surface area contributed by atoms with E-state index in [0.717, 1.165) is 44.3 Å². The minimum absolute atomic E-state index is 0.0709. The lowest BCUT2D eigenvalue weighted by Crippen LogP contribution is -2.75. The standard InChI is InChI=1S/C27H28N2O3/c1-28-11-9-26-19-14-32-25-20(30)8-7-16(22(25)26)12-21(28)27(26,31)13-18-17-6-2-4-15-5-3-10-29(23(15)17)24(18)19/h2,4,6-8,19,21,30-31H,3,5,9-14H2,1H3/t19-,21+,26+,27+/m0/s1. The van der Waals surface area contributed by atoms with Crippen LogP contribution in [0.2, 0.25) is 0 Å². The van der Waals surface area contributed by atoms with Crippen LogP contribution in [0.5, 0.6) is 11.5 Å². The molecule has 2 aliphatic carbocycles. The van der Waals surface area contributed by atoms with Gasteiger partial charge in [-0.2, -0.15) is 0 Å². The number of likely N-dealkylation sites (tertiary alicyclic amines) is 1. The summed E-state index contributed by atoms with van der Waals surface area (Å²) in [5, 5.41) is 24.9. The Bertz CT molecular complexity index is 1340. The predicted octanol–water partition coefficient (Wildman–Crippen LogP) is 3.25. The fourth-order valence-corrected chi connectivity index (χ4v) is 8.52. The van der Waals surface area contributed by atoms with Gasteiger partial charge >= 0.3 is 0 Å². The summed E-state index contributed by atoms with van der Waals surface area (Å²) in [6, 6.07) is 10.7. The number of aromatic nitrogens is 1. The van der Waals surface area contributed by atoms with E-state index < -0.39 is 11.0 Å². The average Bonchev–Trinajstić information content (AvgIpc) is 3.10. The van der Waals surface area contributed by atoms with Crippen molar-refractivity contribution in [2.75, 3.05) is 20.2 Å². The highest BCUT2D eigenvalue weighted by molar-refractivity contribution is 5.90. The van der Waals surface area contributed by atoms with Crippen molar-refractivity contribution in [1.29, 1.82) is 0 Å². The van der Waals surface area contributed by atoms with Crippen molar-refractivity contribution < 1.29 is 14.9 Å². The number of benzene rings is 2. The molecule has 1 aromatic heterocycles. The van der Waals surface area contributed by atoms with Gasteiger partial charge in [0.1, 0.15) is 0 Å². The van der Waals surface area contributed by atoms with E-state index in [4.69, 9.17) is 4.74 Å². The molecule has 8 rings (SSSR count). The topological polar surface area (TPSA) is 57.9 Å². The van der Waals surface area contributed by atoms with Crippen LogP contribution in [0.15, 0.2) is 30.3 Å². The van der Waals surface area contributed by atoms with Crippen molar-refractivity contribution in [3.8, 4) is 11.5 Å². The third-order valence-corrected chi connectivity index (χ3v) is 9.71. The fraction of sp³-hybridized carbons (Fsp3) is 0.481. The highest BCUT2D eigenvalue weighted by Gasteiger charge is 2.70. The summed E-state index contributed by atoms with van der Waals surface area (Å²) in [6.07, 6.45) is 4.65. The van der Waals surface area contributed by atoms with Gasteiger partial charge in [-0.15, -0.1) is 0 Å². The number of phenolic OH excluding ortho intramolecular Hbond substituents is 1. The molecule has 5 aliphatic rings. The molecule has 3 aromatic rings. The summed E-state index contributed by atoms with van der Waals surface area (Å²) < 4.78 is 8.93. The summed E-state index contributed by atoms with van der Waals surface area (Å²) in [7, 11) is 2.17. The minimum atomic E-state index is -0.875. The van der Waals surface area contributed by atoms with Crippen LogP contribution in [0, 0.1) is 0 Å². The van der Waals surface area contributed by atoms with E-state index in [0.29, 0.717) is 18.8 Å². The molecular weight excluding hydrogens is 400 g/mol. The number of hydrogen-bond donors (Lipinski definition) is 2. The molecule has 2 N–H and O–H groups in total. The molecule has 1 spiro atoms. The van der Waals surface area contributed by atoms with Gasteiger partial charge in [-0.25, -0.2) is 0 Å². The van der Waals surface area contributed by atoms with Crippen molar-refractivity contribution in [1.82, 2.24) is 9.47 Å². The van der Waals surface area contributed by atoms with E-state index in [1.54, 1.807) is 6.07 Å². The highest BCUT2D eigenvalue weighted by Crippen LogP contribution is 2.67. The Labute approximate surface area is 187 Å². The maximum atomic E-state index is 12.8. The van der Waals surface area contributed by atoms with Gasteiger partial charge in [-0.1, -0.05) is 24.3 Å². The first-order valence-corrected chi connectivity index (χ1v) is 12.1. The van der Waals surface area contributed by atoms with E-state index in [1.807, 2.05) is 0 Å². The van der Waals surface area contributed by atoms with Gasteiger partial charge in [0.05, 0.1) is 17.7 Å². The second kappa shape index (κ2) is 5.52. The molecule has 1 fully saturated rings. The molecule has 32 heavy (non-hydrogen) atoms. The Morgan fingerprint density at radius 2 is 2.03 bits per heavy atom. The van der Waals surface area contributed by atoms with E-state index in [9.17, 15) is 10.2 Å². The summed E-state index contributed by atoms with van der Waals surface area (Å²) in [6.45, 7) is 2.51. The minimum Gasteiger partial charge on any atom is -0.504 e. The lowest BCUT2D eigenvalue weighted by molar-refractivity contribution is -0.163. The second-order valence-electron chi connectivity index (χ2n) is 10.8. The number of aryl methyl sites for hydroxylation is 2. The van der Waals surface area contributed by atoms with Gasteiger partial charge in [0.15, 0.2) is 11.5 Å². The number of fused-ring (bicyclic) bond motifs is 4. The number of para-hydroxylation sites is 1. The smallest absolute Gasteiger partial charge is 0.165 e. The van der Waals surface area contributed by atoms with Gasteiger partial charge in [-0.3, -0.25) is 0 Å². The summed E-state index contributed by atoms with van der Waals surface area (Å²) >= 11 is 0. The lowest BCUT2D eigenvalue weighted by atomic mass is 9.45. The Hall–Kier alpha value is -2.50. The van der Waals surface area contributed by atoms with E-state index in [1.165, 1.54) is 33.3 Å². The van der Waals surface area contributed by atoms with Crippen molar-refractivity contribution in [3.63, 3.8) is 0 Å². The third-order valence-electron chi connectivity index (χ3n) is 9.71. The van der Waals surface area contributed by atoms with Crippen LogP contribution in [0.4, 0.5) is 0 Å². The first-order valence-electron chi connectivity index (χ1n) is 12.1. The third kappa shape index (κ3) is 1.74. The maximum Gasteiger partial charge on any atom is 0.165 e. The number of aliphatic hydroxyl groups is 1. The Morgan fingerprint density at radius 3 is 2.94 bits per heavy atom. The zero-order valence-electron chi connectivity index (χ0n) is 18.4. The van der Waals surface area contributed by atoms with Crippen molar-refractivity contribution in [2.24, 2.45) is 0 Å². The van der Waals surface area contributed by atoms with Crippen LogP contribution in [-0.2, 0) is 31.2 Å². The van der Waals surface area contributed by atoms with Gasteiger partial charge < -0.3 is 24.4 Å². The van der Waals surface area contributed by atoms with Crippen molar-refractivity contribution >= 4 is 10.9 Å².